The first-order valence-electron chi connectivity index (χ1n) is 11.9. The van der Waals surface area contributed by atoms with Crippen molar-refractivity contribution < 1.29 is 29.6 Å². The van der Waals surface area contributed by atoms with Gasteiger partial charge in [0, 0.05) is 31.4 Å². The summed E-state index contributed by atoms with van der Waals surface area (Å²) >= 11 is 0. The number of hydrogen-bond donors (Lipinski definition) is 1. The van der Waals surface area contributed by atoms with Gasteiger partial charge in [-0.1, -0.05) is 19.1 Å². The fourth-order valence-corrected chi connectivity index (χ4v) is 4.56. The standard InChI is InChI=1S/C27H26F2N2O5.H2/c1-3-20(32)15-31-14-17(5-9-24(31)34)25-16(2)4-7-19(30-25)13-23(33)26(10-11-26)18-6-8-21-22(12-18)36-27(28,29)35-21;/h4-9,12,14,20,32H,3,10-11,13,15H2,1-2H3;1H/t20-;/m0./s1. The molecule has 0 unspecified atom stereocenters. The van der Waals surface area contributed by atoms with E-state index in [0.717, 1.165) is 5.56 Å². The minimum absolute atomic E-state index is 0. The van der Waals surface area contributed by atoms with Gasteiger partial charge < -0.3 is 19.1 Å². The van der Waals surface area contributed by atoms with Crippen molar-refractivity contribution >= 4 is 5.78 Å². The molecule has 36 heavy (non-hydrogen) atoms. The SMILES string of the molecule is CC[C@H](O)Cn1cc(-c2nc(CC(=O)C3(c4ccc5c(c4)OC(F)(F)O5)CC3)ccc2C)ccc1=O.[HH]. The van der Waals surface area contributed by atoms with Crippen molar-refractivity contribution in [3.63, 3.8) is 0 Å². The molecule has 2 aliphatic rings. The molecule has 1 atom stereocenters. The summed E-state index contributed by atoms with van der Waals surface area (Å²) < 4.78 is 37.3. The summed E-state index contributed by atoms with van der Waals surface area (Å²) in [6, 6.07) is 11.3. The van der Waals surface area contributed by atoms with E-state index < -0.39 is 17.8 Å². The van der Waals surface area contributed by atoms with Crippen molar-refractivity contribution in [3.8, 4) is 22.8 Å². The molecule has 0 amide bonds. The lowest BCUT2D eigenvalue weighted by Crippen LogP contribution is -2.26. The number of Topliss-reactive ketones (excluding diaryl/α,β-unsaturated/α-hetero) is 1. The van der Waals surface area contributed by atoms with Crippen LogP contribution in [0.15, 0.2) is 53.5 Å². The summed E-state index contributed by atoms with van der Waals surface area (Å²) in [4.78, 5) is 30.3. The Morgan fingerprint density at radius 1 is 1.17 bits per heavy atom. The van der Waals surface area contributed by atoms with Gasteiger partial charge in [-0.15, -0.1) is 8.78 Å². The van der Waals surface area contributed by atoms with Crippen molar-refractivity contribution in [2.75, 3.05) is 0 Å². The first kappa shape index (κ1) is 24.1. The number of aliphatic hydroxyl groups excluding tert-OH is 1. The third kappa shape index (κ3) is 4.51. The first-order valence-corrected chi connectivity index (χ1v) is 11.9. The van der Waals surface area contributed by atoms with Crippen LogP contribution in [0.3, 0.4) is 0 Å². The molecule has 1 fully saturated rings. The van der Waals surface area contributed by atoms with Crippen LogP contribution in [0, 0.1) is 6.92 Å². The number of benzene rings is 1. The summed E-state index contributed by atoms with van der Waals surface area (Å²) in [6.07, 6.45) is -0.830. The number of alkyl halides is 2. The molecule has 7 nitrogen and oxygen atoms in total. The summed E-state index contributed by atoms with van der Waals surface area (Å²) in [5.41, 5.74) is 2.47. The zero-order valence-electron chi connectivity index (χ0n) is 20.0. The average molecular weight is 499 g/mol. The number of ketones is 1. The van der Waals surface area contributed by atoms with Crippen LogP contribution in [-0.4, -0.2) is 32.8 Å². The molecule has 190 valence electrons. The lowest BCUT2D eigenvalue weighted by molar-refractivity contribution is -0.286. The van der Waals surface area contributed by atoms with Gasteiger partial charge in [-0.05, 0) is 61.6 Å². The maximum atomic E-state index is 13.4. The number of fused-ring (bicyclic) bond motifs is 1. The minimum Gasteiger partial charge on any atom is -0.395 e. The van der Waals surface area contributed by atoms with Crippen LogP contribution < -0.4 is 15.0 Å². The molecule has 0 radical (unpaired) electrons. The van der Waals surface area contributed by atoms with Crippen molar-refractivity contribution in [1.82, 2.24) is 9.55 Å². The van der Waals surface area contributed by atoms with Crippen LogP contribution in [0.25, 0.3) is 11.3 Å². The smallest absolute Gasteiger partial charge is 0.395 e. The minimum atomic E-state index is -3.71. The molecule has 5 rings (SSSR count). The van der Waals surface area contributed by atoms with Crippen LogP contribution in [0.4, 0.5) is 8.78 Å². The van der Waals surface area contributed by atoms with Crippen LogP contribution in [-0.2, 0) is 23.2 Å². The number of carbonyl (C=O) groups is 1. The second-order valence-corrected chi connectivity index (χ2v) is 9.45. The van der Waals surface area contributed by atoms with Crippen LogP contribution >= 0.6 is 0 Å². The molecular weight excluding hydrogens is 470 g/mol. The second-order valence-electron chi connectivity index (χ2n) is 9.45. The average Bonchev–Trinajstić information content (AvgIpc) is 3.58. The van der Waals surface area contributed by atoms with E-state index >= 15 is 0 Å². The van der Waals surface area contributed by atoms with Gasteiger partial charge in [0.15, 0.2) is 11.5 Å². The fourth-order valence-electron chi connectivity index (χ4n) is 4.56. The number of aliphatic hydroxyl groups is 1. The maximum absolute atomic E-state index is 13.4. The zero-order valence-corrected chi connectivity index (χ0v) is 20.0. The molecule has 0 bridgehead atoms. The molecule has 0 saturated heterocycles. The van der Waals surface area contributed by atoms with Crippen molar-refractivity contribution in [2.45, 2.75) is 63.9 Å². The van der Waals surface area contributed by atoms with E-state index in [1.54, 1.807) is 24.4 Å². The summed E-state index contributed by atoms with van der Waals surface area (Å²) in [7, 11) is 0. The van der Waals surface area contributed by atoms with Crippen molar-refractivity contribution in [3.05, 3.63) is 75.8 Å². The molecule has 3 aromatic rings. The molecule has 0 spiro atoms. The van der Waals surface area contributed by atoms with E-state index in [9.17, 15) is 23.5 Å². The molecule has 9 heteroatoms. The van der Waals surface area contributed by atoms with Crippen molar-refractivity contribution in [1.29, 1.82) is 0 Å². The molecular formula is C27H28F2N2O5. The number of halogens is 2. The number of aryl methyl sites for hydroxylation is 1. The van der Waals surface area contributed by atoms with E-state index in [1.165, 1.54) is 22.8 Å². The van der Waals surface area contributed by atoms with Gasteiger partial charge in [-0.2, -0.15) is 0 Å². The topological polar surface area (TPSA) is 90.7 Å². The molecule has 1 aliphatic heterocycles. The van der Waals surface area contributed by atoms with Gasteiger partial charge in [0.1, 0.15) is 5.78 Å². The molecule has 2 aromatic heterocycles. The molecule has 3 heterocycles. The van der Waals surface area contributed by atoms with Gasteiger partial charge in [0.05, 0.1) is 23.8 Å². The molecule has 1 saturated carbocycles. The Labute approximate surface area is 207 Å². The van der Waals surface area contributed by atoms with Gasteiger partial charge in [-0.25, -0.2) is 0 Å². The summed E-state index contributed by atoms with van der Waals surface area (Å²) in [6.45, 7) is 3.93. The lowest BCUT2D eigenvalue weighted by Gasteiger charge is -2.16. The van der Waals surface area contributed by atoms with Gasteiger partial charge in [-0.3, -0.25) is 14.6 Å². The highest BCUT2D eigenvalue weighted by Crippen LogP contribution is 2.52. The Kier molecular flexibility index (Phi) is 5.90. The number of carbonyl (C=O) groups excluding carboxylic acids is 1. The Bertz CT molecular complexity index is 1400. The largest absolute Gasteiger partial charge is 0.586 e. The van der Waals surface area contributed by atoms with Crippen molar-refractivity contribution in [2.24, 2.45) is 0 Å². The number of aromatic nitrogens is 2. The highest BCUT2D eigenvalue weighted by atomic mass is 19.3. The number of ether oxygens (including phenoxy) is 2. The van der Waals surface area contributed by atoms with Crippen LogP contribution in [0.1, 0.15) is 44.4 Å². The zero-order chi connectivity index (χ0) is 25.7. The Morgan fingerprint density at radius 3 is 2.64 bits per heavy atom. The molecule has 1 aliphatic carbocycles. The van der Waals surface area contributed by atoms with E-state index in [4.69, 9.17) is 4.98 Å². The van der Waals surface area contributed by atoms with E-state index in [1.807, 2.05) is 19.9 Å². The number of rotatable bonds is 8. The van der Waals surface area contributed by atoms with Crippen LogP contribution in [0.5, 0.6) is 11.5 Å². The Morgan fingerprint density at radius 2 is 1.92 bits per heavy atom. The second kappa shape index (κ2) is 8.81. The predicted octanol–water partition coefficient (Wildman–Crippen LogP) is 4.40. The third-order valence-corrected chi connectivity index (χ3v) is 6.87. The number of hydrogen-bond acceptors (Lipinski definition) is 6. The summed E-state index contributed by atoms with van der Waals surface area (Å²) in [5.74, 6) is -0.174. The van der Waals surface area contributed by atoms with Crippen LogP contribution in [0.2, 0.25) is 0 Å². The highest BCUT2D eigenvalue weighted by molar-refractivity contribution is 5.94. The Hall–Kier alpha value is -3.59. The quantitative estimate of drug-likeness (QED) is 0.495. The third-order valence-electron chi connectivity index (χ3n) is 6.87. The van der Waals surface area contributed by atoms with Gasteiger partial charge in [0.2, 0.25) is 0 Å². The Balaban J connectivity index is 0.00000320. The summed E-state index contributed by atoms with van der Waals surface area (Å²) in [5, 5.41) is 9.98. The number of nitrogens with zero attached hydrogens (tertiary/aromatic N) is 2. The lowest BCUT2D eigenvalue weighted by atomic mass is 9.88. The predicted molar refractivity (Wildman–Crippen MR) is 129 cm³/mol. The van der Waals surface area contributed by atoms with E-state index in [2.05, 4.69) is 9.47 Å². The monoisotopic (exact) mass is 498 g/mol. The molecule has 1 aromatic carbocycles. The fraction of sp³-hybridized carbons (Fsp3) is 0.370. The normalized spacial score (nSPS) is 17.6. The maximum Gasteiger partial charge on any atom is 0.586 e. The van der Waals surface area contributed by atoms with E-state index in [-0.39, 0.29) is 37.2 Å². The number of pyridine rings is 2. The van der Waals surface area contributed by atoms with Gasteiger partial charge in [0.25, 0.3) is 5.56 Å². The van der Waals surface area contributed by atoms with Gasteiger partial charge >= 0.3 is 6.29 Å². The van der Waals surface area contributed by atoms with E-state index in [0.29, 0.717) is 41.8 Å². The first-order chi connectivity index (χ1) is 17.1. The molecule has 1 N–H and O–H groups in total. The highest BCUT2D eigenvalue weighted by Gasteiger charge is 2.52.